The number of hydrogen-bond donors (Lipinski definition) is 2. The first-order chi connectivity index (χ1) is 7.70. The van der Waals surface area contributed by atoms with Crippen LogP contribution in [-0.2, 0) is 11.4 Å². The molecule has 0 saturated heterocycles. The van der Waals surface area contributed by atoms with E-state index < -0.39 is 0 Å². The summed E-state index contributed by atoms with van der Waals surface area (Å²) in [6.45, 7) is 1.98. The molecule has 0 aliphatic heterocycles. The third-order valence-corrected chi connectivity index (χ3v) is 3.12. The first-order valence-electron chi connectivity index (χ1n) is 5.71. The Balaban J connectivity index is 1.99. The lowest BCUT2D eigenvalue weighted by molar-refractivity contribution is -0.119. The van der Waals surface area contributed by atoms with Crippen molar-refractivity contribution in [3.8, 4) is 0 Å². The van der Waals surface area contributed by atoms with Crippen molar-refractivity contribution in [2.75, 3.05) is 5.32 Å². The Morgan fingerprint density at radius 3 is 2.94 bits per heavy atom. The second kappa shape index (κ2) is 4.66. The van der Waals surface area contributed by atoms with Crippen molar-refractivity contribution >= 4 is 11.6 Å². The SMILES string of the molecule is CC(C(=O)Nc1cccc(CO)c1)C1CC1. The van der Waals surface area contributed by atoms with Crippen LogP contribution in [0.4, 0.5) is 5.69 Å². The Hall–Kier alpha value is -1.35. The lowest BCUT2D eigenvalue weighted by Gasteiger charge is -2.11. The Labute approximate surface area is 95.5 Å². The molecule has 1 amide bonds. The standard InChI is InChI=1S/C13H17NO2/c1-9(11-5-6-11)13(16)14-12-4-2-3-10(7-12)8-15/h2-4,7,9,11,15H,5-6,8H2,1H3,(H,14,16). The summed E-state index contributed by atoms with van der Waals surface area (Å²) in [5.41, 5.74) is 1.58. The van der Waals surface area contributed by atoms with E-state index in [0.29, 0.717) is 5.92 Å². The van der Waals surface area contributed by atoms with Crippen molar-refractivity contribution in [2.24, 2.45) is 11.8 Å². The molecule has 1 saturated carbocycles. The summed E-state index contributed by atoms with van der Waals surface area (Å²) in [6, 6.07) is 7.32. The van der Waals surface area contributed by atoms with Crippen LogP contribution in [0.3, 0.4) is 0 Å². The van der Waals surface area contributed by atoms with Gasteiger partial charge in [0.15, 0.2) is 0 Å². The van der Waals surface area contributed by atoms with Gasteiger partial charge in [-0.25, -0.2) is 0 Å². The molecule has 0 aromatic heterocycles. The summed E-state index contributed by atoms with van der Waals surface area (Å²) in [4.78, 5) is 11.8. The number of nitrogens with one attached hydrogen (secondary N) is 1. The fourth-order valence-corrected chi connectivity index (χ4v) is 1.81. The molecule has 1 aromatic carbocycles. The van der Waals surface area contributed by atoms with Gasteiger partial charge in [-0.3, -0.25) is 4.79 Å². The number of benzene rings is 1. The average Bonchev–Trinajstić information content (AvgIpc) is 3.12. The van der Waals surface area contributed by atoms with Crippen LogP contribution in [0.2, 0.25) is 0 Å². The molecule has 86 valence electrons. The van der Waals surface area contributed by atoms with Crippen molar-refractivity contribution in [1.29, 1.82) is 0 Å². The van der Waals surface area contributed by atoms with Crippen LogP contribution in [0.1, 0.15) is 25.3 Å². The molecule has 0 spiro atoms. The zero-order valence-corrected chi connectivity index (χ0v) is 9.44. The molecule has 16 heavy (non-hydrogen) atoms. The van der Waals surface area contributed by atoms with Gasteiger partial charge in [-0.2, -0.15) is 0 Å². The highest BCUT2D eigenvalue weighted by Crippen LogP contribution is 2.37. The highest BCUT2D eigenvalue weighted by Gasteiger charge is 2.32. The zero-order valence-electron chi connectivity index (χ0n) is 9.44. The quantitative estimate of drug-likeness (QED) is 0.815. The van der Waals surface area contributed by atoms with E-state index in [1.54, 1.807) is 6.07 Å². The Kier molecular flexibility index (Phi) is 3.25. The summed E-state index contributed by atoms with van der Waals surface area (Å²) >= 11 is 0. The minimum Gasteiger partial charge on any atom is -0.392 e. The molecular weight excluding hydrogens is 202 g/mol. The van der Waals surface area contributed by atoms with Crippen LogP contribution in [0.25, 0.3) is 0 Å². The van der Waals surface area contributed by atoms with Crippen LogP contribution in [0.15, 0.2) is 24.3 Å². The fraction of sp³-hybridized carbons (Fsp3) is 0.462. The average molecular weight is 219 g/mol. The number of hydrogen-bond acceptors (Lipinski definition) is 2. The molecule has 1 aromatic rings. The number of anilines is 1. The van der Waals surface area contributed by atoms with Crippen molar-refractivity contribution in [3.63, 3.8) is 0 Å². The lowest BCUT2D eigenvalue weighted by atomic mass is 10.1. The second-order valence-corrected chi connectivity index (χ2v) is 4.47. The largest absolute Gasteiger partial charge is 0.392 e. The molecule has 2 N–H and O–H groups in total. The molecule has 3 heteroatoms. The van der Waals surface area contributed by atoms with E-state index in [4.69, 9.17) is 5.11 Å². The van der Waals surface area contributed by atoms with E-state index in [-0.39, 0.29) is 18.4 Å². The van der Waals surface area contributed by atoms with Gasteiger partial charge < -0.3 is 10.4 Å². The molecule has 0 radical (unpaired) electrons. The number of amides is 1. The van der Waals surface area contributed by atoms with Gasteiger partial charge in [0.05, 0.1) is 6.61 Å². The first-order valence-corrected chi connectivity index (χ1v) is 5.71. The van der Waals surface area contributed by atoms with E-state index in [0.717, 1.165) is 11.3 Å². The Morgan fingerprint density at radius 2 is 2.31 bits per heavy atom. The van der Waals surface area contributed by atoms with E-state index in [1.165, 1.54) is 12.8 Å². The molecule has 0 bridgehead atoms. The van der Waals surface area contributed by atoms with Gasteiger partial charge in [0.2, 0.25) is 5.91 Å². The number of carbonyl (C=O) groups is 1. The molecule has 3 nitrogen and oxygen atoms in total. The molecule has 1 aliphatic carbocycles. The van der Waals surface area contributed by atoms with Crippen molar-refractivity contribution in [2.45, 2.75) is 26.4 Å². The van der Waals surface area contributed by atoms with Crippen LogP contribution in [0.5, 0.6) is 0 Å². The monoisotopic (exact) mass is 219 g/mol. The summed E-state index contributed by atoms with van der Waals surface area (Å²) in [5.74, 6) is 0.747. The summed E-state index contributed by atoms with van der Waals surface area (Å²) in [5, 5.41) is 11.9. The third-order valence-electron chi connectivity index (χ3n) is 3.12. The topological polar surface area (TPSA) is 49.3 Å². The van der Waals surface area contributed by atoms with Crippen molar-refractivity contribution in [1.82, 2.24) is 0 Å². The maximum atomic E-state index is 11.8. The first kappa shape index (κ1) is 11.1. The molecule has 0 heterocycles. The van der Waals surface area contributed by atoms with Crippen LogP contribution >= 0.6 is 0 Å². The van der Waals surface area contributed by atoms with Gasteiger partial charge in [-0.1, -0.05) is 19.1 Å². The number of aliphatic hydroxyl groups excluding tert-OH is 1. The Bertz CT molecular complexity index is 385. The van der Waals surface area contributed by atoms with E-state index in [2.05, 4.69) is 5.32 Å². The number of aliphatic hydroxyl groups is 1. The van der Waals surface area contributed by atoms with Gasteiger partial charge in [-0.15, -0.1) is 0 Å². The van der Waals surface area contributed by atoms with E-state index >= 15 is 0 Å². The van der Waals surface area contributed by atoms with Gasteiger partial charge in [-0.05, 0) is 36.5 Å². The van der Waals surface area contributed by atoms with Crippen LogP contribution in [-0.4, -0.2) is 11.0 Å². The minimum atomic E-state index is 0.00187. The fourth-order valence-electron chi connectivity index (χ4n) is 1.81. The van der Waals surface area contributed by atoms with Gasteiger partial charge in [0.1, 0.15) is 0 Å². The normalized spacial score (nSPS) is 16.9. The van der Waals surface area contributed by atoms with E-state index in [9.17, 15) is 4.79 Å². The van der Waals surface area contributed by atoms with Crippen molar-refractivity contribution in [3.05, 3.63) is 29.8 Å². The summed E-state index contributed by atoms with van der Waals surface area (Å²) < 4.78 is 0. The predicted octanol–water partition coefficient (Wildman–Crippen LogP) is 2.16. The zero-order chi connectivity index (χ0) is 11.5. The smallest absolute Gasteiger partial charge is 0.227 e. The number of rotatable bonds is 4. The molecule has 1 aliphatic rings. The third kappa shape index (κ3) is 2.61. The number of carbonyl (C=O) groups excluding carboxylic acids is 1. The van der Waals surface area contributed by atoms with Gasteiger partial charge in [0, 0.05) is 11.6 Å². The molecule has 1 fully saturated rings. The maximum absolute atomic E-state index is 11.8. The highest BCUT2D eigenvalue weighted by atomic mass is 16.3. The molecule has 2 rings (SSSR count). The molecule has 1 atom stereocenters. The highest BCUT2D eigenvalue weighted by molar-refractivity contribution is 5.92. The van der Waals surface area contributed by atoms with Crippen LogP contribution < -0.4 is 5.32 Å². The Morgan fingerprint density at radius 1 is 1.56 bits per heavy atom. The molecular formula is C13H17NO2. The van der Waals surface area contributed by atoms with E-state index in [1.807, 2.05) is 25.1 Å². The van der Waals surface area contributed by atoms with Crippen molar-refractivity contribution < 1.29 is 9.90 Å². The lowest BCUT2D eigenvalue weighted by Crippen LogP contribution is -2.21. The summed E-state index contributed by atoms with van der Waals surface area (Å²) in [6.07, 6.45) is 2.34. The second-order valence-electron chi connectivity index (χ2n) is 4.47. The maximum Gasteiger partial charge on any atom is 0.227 e. The van der Waals surface area contributed by atoms with Crippen LogP contribution in [0, 0.1) is 11.8 Å². The summed E-state index contributed by atoms with van der Waals surface area (Å²) in [7, 11) is 0. The van der Waals surface area contributed by atoms with Gasteiger partial charge >= 0.3 is 0 Å². The van der Waals surface area contributed by atoms with Gasteiger partial charge in [0.25, 0.3) is 0 Å². The minimum absolute atomic E-state index is 0.00187. The predicted molar refractivity (Wildman–Crippen MR) is 62.9 cm³/mol. The molecule has 1 unspecified atom stereocenters.